The quantitative estimate of drug-likeness (QED) is 0.828. The Labute approximate surface area is 89.4 Å². The Bertz CT molecular complexity index is 474. The van der Waals surface area contributed by atoms with Crippen molar-refractivity contribution >= 4 is 11.0 Å². The zero-order valence-corrected chi connectivity index (χ0v) is 9.20. The van der Waals surface area contributed by atoms with Crippen LogP contribution in [0.1, 0.15) is 17.8 Å². The summed E-state index contributed by atoms with van der Waals surface area (Å²) in [4.78, 5) is 4.48. The molecule has 2 rings (SSSR count). The second-order valence-electron chi connectivity index (χ2n) is 3.83. The number of hydrogen-bond acceptors (Lipinski definition) is 2. The van der Waals surface area contributed by atoms with E-state index in [1.165, 1.54) is 11.1 Å². The molecule has 15 heavy (non-hydrogen) atoms. The molecule has 0 saturated carbocycles. The number of aliphatic hydroxyl groups excluding tert-OH is 1. The van der Waals surface area contributed by atoms with Crippen molar-refractivity contribution in [3.8, 4) is 0 Å². The van der Waals surface area contributed by atoms with Crippen LogP contribution in [0.25, 0.3) is 11.0 Å². The first-order valence-electron chi connectivity index (χ1n) is 5.26. The minimum Gasteiger partial charge on any atom is -0.396 e. The molecule has 1 aromatic heterocycles. The highest BCUT2D eigenvalue weighted by atomic mass is 16.2. The van der Waals surface area contributed by atoms with Gasteiger partial charge in [0, 0.05) is 13.7 Å². The van der Waals surface area contributed by atoms with E-state index in [9.17, 15) is 0 Å². The molecule has 3 nitrogen and oxygen atoms in total. The maximum atomic E-state index is 8.85. The van der Waals surface area contributed by atoms with Crippen LogP contribution in [0.3, 0.4) is 0 Å². The lowest BCUT2D eigenvalue weighted by atomic mass is 10.1. The van der Waals surface area contributed by atoms with Crippen molar-refractivity contribution in [3.63, 3.8) is 0 Å². The first kappa shape index (κ1) is 10.2. The Morgan fingerprint density at radius 2 is 2.20 bits per heavy atom. The van der Waals surface area contributed by atoms with Crippen molar-refractivity contribution < 1.29 is 5.11 Å². The van der Waals surface area contributed by atoms with E-state index in [1.54, 1.807) is 0 Å². The molecule has 0 unspecified atom stereocenters. The third-order valence-electron chi connectivity index (χ3n) is 2.81. The van der Waals surface area contributed by atoms with E-state index in [4.69, 9.17) is 5.11 Å². The number of aromatic nitrogens is 2. The van der Waals surface area contributed by atoms with Crippen LogP contribution in [0.5, 0.6) is 0 Å². The minimum absolute atomic E-state index is 0.243. The maximum Gasteiger partial charge on any atom is 0.106 e. The van der Waals surface area contributed by atoms with E-state index >= 15 is 0 Å². The van der Waals surface area contributed by atoms with Crippen LogP contribution in [0.4, 0.5) is 0 Å². The van der Waals surface area contributed by atoms with E-state index in [2.05, 4.69) is 15.6 Å². The highest BCUT2D eigenvalue weighted by molar-refractivity contribution is 5.79. The summed E-state index contributed by atoms with van der Waals surface area (Å²) in [5, 5.41) is 8.85. The topological polar surface area (TPSA) is 38.1 Å². The van der Waals surface area contributed by atoms with E-state index in [0.29, 0.717) is 0 Å². The summed E-state index contributed by atoms with van der Waals surface area (Å²) in [5.74, 6) is 1.03. The summed E-state index contributed by atoms with van der Waals surface area (Å²) in [7, 11) is 2.03. The predicted molar refractivity (Wildman–Crippen MR) is 60.9 cm³/mol. The molecule has 0 atom stereocenters. The fourth-order valence-corrected chi connectivity index (χ4v) is 1.94. The molecule has 2 aromatic rings. The lowest BCUT2D eigenvalue weighted by molar-refractivity contribution is 0.288. The van der Waals surface area contributed by atoms with Gasteiger partial charge in [0.25, 0.3) is 0 Å². The number of imidazole rings is 1. The van der Waals surface area contributed by atoms with Gasteiger partial charge in [-0.15, -0.1) is 0 Å². The summed E-state index contributed by atoms with van der Waals surface area (Å²) in [6.07, 6.45) is 1.72. The summed E-state index contributed by atoms with van der Waals surface area (Å²) in [5.41, 5.74) is 3.51. The van der Waals surface area contributed by atoms with Gasteiger partial charge in [0.1, 0.15) is 5.82 Å². The number of aliphatic hydroxyl groups is 1. The van der Waals surface area contributed by atoms with Gasteiger partial charge in [-0.05, 0) is 31.4 Å². The second kappa shape index (κ2) is 4.03. The normalized spacial score (nSPS) is 11.1. The third kappa shape index (κ3) is 1.75. The molecule has 0 radical (unpaired) electrons. The Morgan fingerprint density at radius 3 is 2.93 bits per heavy atom. The van der Waals surface area contributed by atoms with Crippen LogP contribution in [-0.2, 0) is 13.5 Å². The molecule has 0 saturated heterocycles. The smallest absolute Gasteiger partial charge is 0.106 e. The Morgan fingerprint density at radius 1 is 1.40 bits per heavy atom. The molecular formula is C12H16N2O. The number of benzene rings is 1. The van der Waals surface area contributed by atoms with Crippen molar-refractivity contribution in [1.29, 1.82) is 0 Å². The van der Waals surface area contributed by atoms with Crippen molar-refractivity contribution in [2.24, 2.45) is 7.05 Å². The SMILES string of the molecule is Cc1nc2cccc(CCCO)c2n1C. The van der Waals surface area contributed by atoms with Crippen LogP contribution in [-0.4, -0.2) is 21.3 Å². The van der Waals surface area contributed by atoms with Crippen LogP contribution in [0.15, 0.2) is 18.2 Å². The summed E-state index contributed by atoms with van der Waals surface area (Å²) >= 11 is 0. The first-order valence-corrected chi connectivity index (χ1v) is 5.26. The fraction of sp³-hybridized carbons (Fsp3) is 0.417. The van der Waals surface area contributed by atoms with Gasteiger partial charge in [-0.2, -0.15) is 0 Å². The van der Waals surface area contributed by atoms with Crippen molar-refractivity contribution in [2.75, 3.05) is 6.61 Å². The maximum absolute atomic E-state index is 8.85. The van der Waals surface area contributed by atoms with Crippen molar-refractivity contribution in [3.05, 3.63) is 29.6 Å². The van der Waals surface area contributed by atoms with Crippen LogP contribution < -0.4 is 0 Å². The molecular weight excluding hydrogens is 188 g/mol. The summed E-state index contributed by atoms with van der Waals surface area (Å²) in [6, 6.07) is 6.17. The second-order valence-corrected chi connectivity index (χ2v) is 3.83. The number of hydrogen-bond donors (Lipinski definition) is 1. The molecule has 3 heteroatoms. The Kier molecular flexibility index (Phi) is 2.73. The number of aryl methyl sites for hydroxylation is 3. The predicted octanol–water partition coefficient (Wildman–Crippen LogP) is 1.81. The Balaban J connectivity index is 2.53. The first-order chi connectivity index (χ1) is 7.24. The average molecular weight is 204 g/mol. The van der Waals surface area contributed by atoms with Gasteiger partial charge in [-0.25, -0.2) is 4.98 Å². The standard InChI is InChI=1S/C12H16N2O/c1-9-13-11-7-3-5-10(6-4-8-15)12(11)14(9)2/h3,5,7,15H,4,6,8H2,1-2H3. The van der Waals surface area contributed by atoms with Gasteiger partial charge < -0.3 is 9.67 Å². The molecule has 0 fully saturated rings. The largest absolute Gasteiger partial charge is 0.396 e. The highest BCUT2D eigenvalue weighted by Crippen LogP contribution is 2.20. The zero-order chi connectivity index (χ0) is 10.8. The molecule has 0 spiro atoms. The van der Waals surface area contributed by atoms with E-state index in [-0.39, 0.29) is 6.61 Å². The van der Waals surface area contributed by atoms with Gasteiger partial charge >= 0.3 is 0 Å². The van der Waals surface area contributed by atoms with E-state index < -0.39 is 0 Å². The highest BCUT2D eigenvalue weighted by Gasteiger charge is 2.07. The number of para-hydroxylation sites is 1. The third-order valence-corrected chi connectivity index (χ3v) is 2.81. The molecule has 80 valence electrons. The van der Waals surface area contributed by atoms with Gasteiger partial charge in [0.2, 0.25) is 0 Å². The van der Waals surface area contributed by atoms with Gasteiger partial charge in [-0.3, -0.25) is 0 Å². The summed E-state index contributed by atoms with van der Waals surface area (Å²) in [6.45, 7) is 2.25. The molecule has 0 aliphatic carbocycles. The van der Waals surface area contributed by atoms with Crippen molar-refractivity contribution in [2.45, 2.75) is 19.8 Å². The molecule has 0 bridgehead atoms. The monoisotopic (exact) mass is 204 g/mol. The zero-order valence-electron chi connectivity index (χ0n) is 9.20. The molecule has 0 amide bonds. The molecule has 1 heterocycles. The Hall–Kier alpha value is -1.35. The summed E-state index contributed by atoms with van der Waals surface area (Å²) < 4.78 is 2.11. The lowest BCUT2D eigenvalue weighted by Crippen LogP contribution is -1.96. The molecule has 0 aliphatic heterocycles. The van der Waals surface area contributed by atoms with E-state index in [1.807, 2.05) is 26.1 Å². The number of nitrogens with zero attached hydrogens (tertiary/aromatic N) is 2. The fourth-order valence-electron chi connectivity index (χ4n) is 1.94. The molecule has 1 N–H and O–H groups in total. The van der Waals surface area contributed by atoms with Gasteiger partial charge in [-0.1, -0.05) is 12.1 Å². The number of fused-ring (bicyclic) bond motifs is 1. The van der Waals surface area contributed by atoms with Gasteiger partial charge in [0.15, 0.2) is 0 Å². The molecule has 1 aromatic carbocycles. The van der Waals surface area contributed by atoms with Crippen LogP contribution in [0.2, 0.25) is 0 Å². The average Bonchev–Trinajstić information content (AvgIpc) is 2.53. The lowest BCUT2D eigenvalue weighted by Gasteiger charge is -2.04. The number of rotatable bonds is 3. The van der Waals surface area contributed by atoms with Crippen LogP contribution in [0, 0.1) is 6.92 Å². The van der Waals surface area contributed by atoms with Crippen molar-refractivity contribution in [1.82, 2.24) is 9.55 Å². The van der Waals surface area contributed by atoms with Crippen LogP contribution >= 0.6 is 0 Å². The van der Waals surface area contributed by atoms with E-state index in [0.717, 1.165) is 24.2 Å². The molecule has 0 aliphatic rings. The minimum atomic E-state index is 0.243. The van der Waals surface area contributed by atoms with Gasteiger partial charge in [0.05, 0.1) is 11.0 Å².